The molecule has 1 saturated heterocycles. The Morgan fingerprint density at radius 1 is 1.18 bits per heavy atom. The van der Waals surface area contributed by atoms with Gasteiger partial charge in [0.2, 0.25) is 5.91 Å². The topological polar surface area (TPSA) is 115 Å². The first-order valence-electron chi connectivity index (χ1n) is 12.0. The van der Waals surface area contributed by atoms with Crippen LogP contribution in [0.5, 0.6) is 6.01 Å². The molecule has 34 heavy (non-hydrogen) atoms. The molecule has 10 nitrogen and oxygen atoms in total. The number of amides is 1. The summed E-state index contributed by atoms with van der Waals surface area (Å²) in [6, 6.07) is 2.40. The van der Waals surface area contributed by atoms with Crippen LogP contribution in [0.25, 0.3) is 5.65 Å². The molecule has 0 radical (unpaired) electrons. The summed E-state index contributed by atoms with van der Waals surface area (Å²) in [7, 11) is 0. The van der Waals surface area contributed by atoms with E-state index in [9.17, 15) is 4.79 Å². The third-order valence-corrected chi connectivity index (χ3v) is 6.21. The molecule has 4 rings (SSSR count). The van der Waals surface area contributed by atoms with Crippen molar-refractivity contribution in [3.05, 3.63) is 35.3 Å². The molecule has 1 fully saturated rings. The quantitative estimate of drug-likeness (QED) is 0.539. The van der Waals surface area contributed by atoms with Crippen LogP contribution in [0.3, 0.4) is 0 Å². The molecule has 10 heteroatoms. The van der Waals surface area contributed by atoms with Gasteiger partial charge in [-0.1, -0.05) is 19.9 Å². The first-order chi connectivity index (χ1) is 16.4. The van der Waals surface area contributed by atoms with Gasteiger partial charge in [-0.25, -0.2) is 14.5 Å². The smallest absolute Gasteiger partial charge is 0.336 e. The Balaban J connectivity index is 1.48. The number of hydrogen-bond acceptors (Lipinski definition) is 8. The Morgan fingerprint density at radius 3 is 2.62 bits per heavy atom. The van der Waals surface area contributed by atoms with Gasteiger partial charge in [0.25, 0.3) is 0 Å². The fraction of sp³-hybridized carbons (Fsp3) is 0.542. The van der Waals surface area contributed by atoms with Crippen molar-refractivity contribution in [3.8, 4) is 6.01 Å². The summed E-state index contributed by atoms with van der Waals surface area (Å²) in [5.41, 5.74) is 9.66. The van der Waals surface area contributed by atoms with Crippen LogP contribution in [0.15, 0.2) is 18.5 Å². The van der Waals surface area contributed by atoms with Crippen LogP contribution in [-0.2, 0) is 11.2 Å². The van der Waals surface area contributed by atoms with Gasteiger partial charge in [0.1, 0.15) is 5.82 Å². The van der Waals surface area contributed by atoms with Gasteiger partial charge in [-0.2, -0.15) is 4.98 Å². The van der Waals surface area contributed by atoms with Crippen LogP contribution in [0.4, 0.5) is 11.6 Å². The Kier molecular flexibility index (Phi) is 7.14. The molecule has 1 aliphatic heterocycles. The lowest BCUT2D eigenvalue weighted by molar-refractivity contribution is -0.131. The maximum Gasteiger partial charge on any atom is 0.336 e. The molecule has 2 N–H and O–H groups in total. The highest BCUT2D eigenvalue weighted by atomic mass is 16.5. The van der Waals surface area contributed by atoms with Crippen LogP contribution in [-0.4, -0.2) is 67.7 Å². The summed E-state index contributed by atoms with van der Waals surface area (Å²) >= 11 is 0. The Morgan fingerprint density at radius 2 is 1.94 bits per heavy atom. The number of ether oxygens (including phenoxy) is 1. The molecule has 1 amide bonds. The Bertz CT molecular complexity index is 1150. The fourth-order valence-corrected chi connectivity index (χ4v) is 4.16. The lowest BCUT2D eigenvalue weighted by Gasteiger charge is -2.36. The van der Waals surface area contributed by atoms with Crippen molar-refractivity contribution < 1.29 is 9.53 Å². The average Bonchev–Trinajstić information content (AvgIpc) is 3.22. The highest BCUT2D eigenvalue weighted by Crippen LogP contribution is 2.22. The van der Waals surface area contributed by atoms with Crippen molar-refractivity contribution in [1.82, 2.24) is 29.5 Å². The Hall–Kier alpha value is -3.43. The second kappa shape index (κ2) is 10.2. The van der Waals surface area contributed by atoms with E-state index < -0.39 is 0 Å². The summed E-state index contributed by atoms with van der Waals surface area (Å²) in [5, 5.41) is 4.51. The van der Waals surface area contributed by atoms with Crippen molar-refractivity contribution in [2.45, 2.75) is 59.5 Å². The summed E-state index contributed by atoms with van der Waals surface area (Å²) < 4.78 is 7.48. The number of aryl methyl sites for hydroxylation is 1. The standard InChI is InChI=1S/C24H34N8O2/c1-5-7-20(33)30-8-10-31(11-9-30)22-16(3)12-18(14-26-22)13-19-15-27-23-21(25)28-24(29-32(19)23)34-17(4)6-2/h12,14-15,17H,5-11,13H2,1-4H3,(H2,25,28,29)/t17-/m0/s1. The monoisotopic (exact) mass is 466 g/mol. The number of aromatic nitrogens is 5. The minimum absolute atomic E-state index is 0.00477. The van der Waals surface area contributed by atoms with Crippen molar-refractivity contribution >= 4 is 23.2 Å². The lowest BCUT2D eigenvalue weighted by Crippen LogP contribution is -2.49. The molecule has 0 bridgehead atoms. The number of nitrogen functional groups attached to an aromatic ring is 1. The summed E-state index contributed by atoms with van der Waals surface area (Å²) in [4.78, 5) is 29.8. The SMILES string of the molecule is CCCC(=O)N1CCN(c2ncc(Cc3cnc4c(N)nc(O[C@@H](C)CC)nn34)cc2C)CC1. The second-order valence-corrected chi connectivity index (χ2v) is 8.88. The van der Waals surface area contributed by atoms with Gasteiger partial charge < -0.3 is 20.3 Å². The van der Waals surface area contributed by atoms with Crippen LogP contribution in [0, 0.1) is 6.92 Å². The Labute approximate surface area is 200 Å². The number of hydrogen-bond donors (Lipinski definition) is 1. The number of nitrogens with zero attached hydrogens (tertiary/aromatic N) is 7. The van der Waals surface area contributed by atoms with E-state index in [1.807, 2.05) is 31.9 Å². The van der Waals surface area contributed by atoms with Crippen molar-refractivity contribution in [3.63, 3.8) is 0 Å². The number of fused-ring (bicyclic) bond motifs is 1. The lowest BCUT2D eigenvalue weighted by atomic mass is 10.1. The molecule has 0 aliphatic carbocycles. The van der Waals surface area contributed by atoms with Gasteiger partial charge in [-0.15, -0.1) is 5.10 Å². The molecule has 0 unspecified atom stereocenters. The summed E-state index contributed by atoms with van der Waals surface area (Å²) in [5.74, 6) is 1.51. The molecule has 0 spiro atoms. The largest absolute Gasteiger partial charge is 0.459 e. The van der Waals surface area contributed by atoms with Crippen molar-refractivity contribution in [1.29, 1.82) is 0 Å². The number of piperazine rings is 1. The maximum absolute atomic E-state index is 12.2. The molecule has 3 aromatic rings. The number of anilines is 2. The molecule has 0 aromatic carbocycles. The molecular formula is C24H34N8O2. The van der Waals surface area contributed by atoms with Gasteiger partial charge in [0, 0.05) is 45.2 Å². The van der Waals surface area contributed by atoms with Crippen LogP contribution >= 0.6 is 0 Å². The highest BCUT2D eigenvalue weighted by Gasteiger charge is 2.22. The van der Waals surface area contributed by atoms with Gasteiger partial charge in [-0.05, 0) is 37.8 Å². The van der Waals surface area contributed by atoms with Crippen LogP contribution < -0.4 is 15.4 Å². The van der Waals surface area contributed by atoms with E-state index in [-0.39, 0.29) is 18.0 Å². The summed E-state index contributed by atoms with van der Waals surface area (Å²) in [6.07, 6.45) is 6.62. The molecule has 182 valence electrons. The van der Waals surface area contributed by atoms with Gasteiger partial charge in [-0.3, -0.25) is 4.79 Å². The number of nitrogens with two attached hydrogens (primary N) is 1. The third kappa shape index (κ3) is 5.05. The fourth-order valence-electron chi connectivity index (χ4n) is 4.16. The van der Waals surface area contributed by atoms with E-state index in [4.69, 9.17) is 15.5 Å². The third-order valence-electron chi connectivity index (χ3n) is 6.21. The predicted octanol–water partition coefficient (Wildman–Crippen LogP) is 2.63. The van der Waals surface area contributed by atoms with Crippen molar-refractivity contribution in [2.75, 3.05) is 36.8 Å². The van der Waals surface area contributed by atoms with Crippen molar-refractivity contribution in [2.24, 2.45) is 0 Å². The first kappa shape index (κ1) is 23.7. The van der Waals surface area contributed by atoms with E-state index in [2.05, 4.69) is 33.0 Å². The highest BCUT2D eigenvalue weighted by molar-refractivity contribution is 5.76. The maximum atomic E-state index is 12.2. The van der Waals surface area contributed by atoms with Gasteiger partial charge >= 0.3 is 6.01 Å². The molecular weight excluding hydrogens is 432 g/mol. The van der Waals surface area contributed by atoms with E-state index in [0.717, 1.165) is 61.7 Å². The number of pyridine rings is 1. The van der Waals surface area contributed by atoms with E-state index in [1.165, 1.54) is 0 Å². The molecule has 3 aromatic heterocycles. The second-order valence-electron chi connectivity index (χ2n) is 8.88. The van der Waals surface area contributed by atoms with Crippen LogP contribution in [0.1, 0.15) is 56.9 Å². The zero-order valence-electron chi connectivity index (χ0n) is 20.5. The van der Waals surface area contributed by atoms with Gasteiger partial charge in [0.15, 0.2) is 11.5 Å². The van der Waals surface area contributed by atoms with Crippen LogP contribution in [0.2, 0.25) is 0 Å². The summed E-state index contributed by atoms with van der Waals surface area (Å²) in [6.45, 7) is 11.2. The average molecular weight is 467 g/mol. The number of imidazole rings is 1. The normalized spacial score (nSPS) is 15.1. The van der Waals surface area contributed by atoms with E-state index in [0.29, 0.717) is 24.3 Å². The molecule has 1 atom stereocenters. The van der Waals surface area contributed by atoms with Gasteiger partial charge in [0.05, 0.1) is 18.0 Å². The predicted molar refractivity (Wildman–Crippen MR) is 131 cm³/mol. The minimum atomic E-state index is -0.00477. The number of rotatable bonds is 8. The first-order valence-corrected chi connectivity index (χ1v) is 12.0. The molecule has 1 aliphatic rings. The number of carbonyl (C=O) groups is 1. The zero-order valence-corrected chi connectivity index (χ0v) is 20.5. The number of carbonyl (C=O) groups excluding carboxylic acids is 1. The van der Waals surface area contributed by atoms with E-state index >= 15 is 0 Å². The minimum Gasteiger partial charge on any atom is -0.459 e. The van der Waals surface area contributed by atoms with E-state index in [1.54, 1.807) is 10.7 Å². The molecule has 4 heterocycles. The molecule has 0 saturated carbocycles. The zero-order chi connectivity index (χ0) is 24.2.